The number of nitrogens with two attached hydrogens (primary N) is 1. The van der Waals surface area contributed by atoms with Gasteiger partial charge in [-0.25, -0.2) is 0 Å². The maximum Gasteiger partial charge on any atom is 0.242 e. The first kappa shape index (κ1) is 16.0. The Kier molecular flexibility index (Phi) is 6.28. The molecule has 1 amide bonds. The highest BCUT2D eigenvalue weighted by atomic mass is 35.5. The van der Waals surface area contributed by atoms with E-state index >= 15 is 0 Å². The van der Waals surface area contributed by atoms with Gasteiger partial charge in [0.15, 0.2) is 0 Å². The zero-order valence-corrected chi connectivity index (χ0v) is 12.4. The van der Waals surface area contributed by atoms with Gasteiger partial charge in [-0.1, -0.05) is 23.7 Å². The highest BCUT2D eigenvalue weighted by Crippen LogP contribution is 2.14. The van der Waals surface area contributed by atoms with Gasteiger partial charge in [0.1, 0.15) is 6.04 Å². The van der Waals surface area contributed by atoms with Crippen molar-refractivity contribution >= 4 is 17.5 Å². The molecule has 1 atom stereocenters. The molecule has 0 aliphatic heterocycles. The van der Waals surface area contributed by atoms with Gasteiger partial charge in [-0.05, 0) is 31.5 Å². The molecule has 19 heavy (non-hydrogen) atoms. The number of carbonyl (C=O) groups is 1. The molecule has 0 radical (unpaired) electrons. The molecule has 5 heteroatoms. The predicted molar refractivity (Wildman–Crippen MR) is 77.0 cm³/mol. The molecule has 0 bridgehead atoms. The molecular formula is C14H21ClN2O2. The monoisotopic (exact) mass is 284 g/mol. The predicted octanol–water partition coefficient (Wildman–Crippen LogP) is 2.05. The molecule has 4 nitrogen and oxygen atoms in total. The van der Waals surface area contributed by atoms with Crippen LogP contribution in [0.2, 0.25) is 5.02 Å². The van der Waals surface area contributed by atoms with Gasteiger partial charge in [0, 0.05) is 24.7 Å². The minimum absolute atomic E-state index is 0.0642. The van der Waals surface area contributed by atoms with Gasteiger partial charge >= 0.3 is 0 Å². The van der Waals surface area contributed by atoms with Crippen molar-refractivity contribution in [1.29, 1.82) is 0 Å². The van der Waals surface area contributed by atoms with Crippen LogP contribution in [0.15, 0.2) is 24.3 Å². The van der Waals surface area contributed by atoms with E-state index in [1.165, 1.54) is 7.11 Å². The molecule has 1 aromatic carbocycles. The molecule has 1 rings (SSSR count). The third-order valence-electron chi connectivity index (χ3n) is 2.81. The topological polar surface area (TPSA) is 55.6 Å². The smallest absolute Gasteiger partial charge is 0.242 e. The van der Waals surface area contributed by atoms with Gasteiger partial charge in [-0.3, -0.25) is 4.79 Å². The number of nitrogens with zero attached hydrogens (tertiary/aromatic N) is 1. The molecule has 106 valence electrons. The summed E-state index contributed by atoms with van der Waals surface area (Å²) < 4.78 is 4.93. The second-order valence-corrected chi connectivity index (χ2v) is 5.19. The summed E-state index contributed by atoms with van der Waals surface area (Å²) in [6.07, 6.45) is 0. The first-order chi connectivity index (χ1) is 8.95. The number of hydrogen-bond donors (Lipinski definition) is 1. The summed E-state index contributed by atoms with van der Waals surface area (Å²) in [5.41, 5.74) is 6.79. The Morgan fingerprint density at radius 1 is 1.47 bits per heavy atom. The second-order valence-electron chi connectivity index (χ2n) is 4.75. The number of carbonyl (C=O) groups excluding carboxylic acids is 1. The lowest BCUT2D eigenvalue weighted by Gasteiger charge is -2.29. The Balaban J connectivity index is 2.81. The van der Waals surface area contributed by atoms with Crippen LogP contribution in [-0.2, 0) is 16.1 Å². The van der Waals surface area contributed by atoms with Crippen LogP contribution in [0, 0.1) is 0 Å². The average molecular weight is 285 g/mol. The van der Waals surface area contributed by atoms with Gasteiger partial charge in [-0.15, -0.1) is 0 Å². The van der Waals surface area contributed by atoms with E-state index in [9.17, 15) is 4.79 Å². The average Bonchev–Trinajstić information content (AvgIpc) is 2.35. The Hall–Kier alpha value is -1.10. The Morgan fingerprint density at radius 2 is 2.16 bits per heavy atom. The molecule has 0 saturated carbocycles. The number of benzene rings is 1. The first-order valence-electron chi connectivity index (χ1n) is 6.25. The van der Waals surface area contributed by atoms with Gasteiger partial charge in [0.05, 0.1) is 6.61 Å². The first-order valence-corrected chi connectivity index (χ1v) is 6.63. The van der Waals surface area contributed by atoms with E-state index in [2.05, 4.69) is 0 Å². The molecule has 1 aromatic rings. The molecule has 0 aliphatic carbocycles. The van der Waals surface area contributed by atoms with Gasteiger partial charge in [0.2, 0.25) is 5.91 Å². The van der Waals surface area contributed by atoms with Gasteiger partial charge in [0.25, 0.3) is 0 Å². The number of amides is 1. The summed E-state index contributed by atoms with van der Waals surface area (Å²) in [6, 6.07) is 6.91. The molecule has 0 aliphatic rings. The van der Waals surface area contributed by atoms with E-state index in [-0.39, 0.29) is 18.6 Å². The number of halogens is 1. The van der Waals surface area contributed by atoms with E-state index in [0.29, 0.717) is 11.6 Å². The molecule has 0 spiro atoms. The van der Waals surface area contributed by atoms with E-state index in [4.69, 9.17) is 22.1 Å². The van der Waals surface area contributed by atoms with Crippen LogP contribution in [0.1, 0.15) is 19.4 Å². The molecule has 0 fully saturated rings. The molecule has 1 unspecified atom stereocenters. The number of ether oxygens (including phenoxy) is 1. The zero-order chi connectivity index (χ0) is 14.4. The van der Waals surface area contributed by atoms with Crippen molar-refractivity contribution in [1.82, 2.24) is 4.90 Å². The van der Waals surface area contributed by atoms with E-state index in [1.54, 1.807) is 4.90 Å². The zero-order valence-electron chi connectivity index (χ0n) is 11.6. The molecule has 2 N–H and O–H groups in total. The summed E-state index contributed by atoms with van der Waals surface area (Å²) in [4.78, 5) is 14.0. The maximum atomic E-state index is 12.3. The third-order valence-corrected chi connectivity index (χ3v) is 3.05. The normalized spacial score (nSPS) is 12.5. The van der Waals surface area contributed by atoms with Crippen LogP contribution >= 0.6 is 11.6 Å². The number of methoxy groups -OCH3 is 1. The fraction of sp³-hybridized carbons (Fsp3) is 0.500. The fourth-order valence-corrected chi connectivity index (χ4v) is 2.02. The quantitative estimate of drug-likeness (QED) is 0.870. The van der Waals surface area contributed by atoms with Crippen molar-refractivity contribution in [2.75, 3.05) is 13.7 Å². The van der Waals surface area contributed by atoms with Crippen LogP contribution < -0.4 is 5.73 Å². The van der Waals surface area contributed by atoms with Crippen LogP contribution in [0.3, 0.4) is 0 Å². The highest BCUT2D eigenvalue weighted by Gasteiger charge is 2.23. The largest absolute Gasteiger partial charge is 0.383 e. The molecular weight excluding hydrogens is 264 g/mol. The Labute approximate surface area is 119 Å². The summed E-state index contributed by atoms with van der Waals surface area (Å²) in [5, 5.41) is 0.662. The van der Waals surface area contributed by atoms with Crippen LogP contribution in [0.5, 0.6) is 0 Å². The highest BCUT2D eigenvalue weighted by molar-refractivity contribution is 6.30. The van der Waals surface area contributed by atoms with Crippen molar-refractivity contribution in [3.05, 3.63) is 34.9 Å². The third kappa shape index (κ3) is 4.82. The summed E-state index contributed by atoms with van der Waals surface area (Å²) >= 11 is 5.95. The minimum Gasteiger partial charge on any atom is -0.383 e. The number of rotatable bonds is 6. The minimum atomic E-state index is -0.633. The lowest BCUT2D eigenvalue weighted by Crippen LogP contribution is -2.48. The second kappa shape index (κ2) is 7.48. The molecule has 0 aromatic heterocycles. The molecule has 0 saturated heterocycles. The Morgan fingerprint density at radius 3 is 2.68 bits per heavy atom. The lowest BCUT2D eigenvalue weighted by molar-refractivity contribution is -0.136. The van der Waals surface area contributed by atoms with Crippen molar-refractivity contribution in [3.63, 3.8) is 0 Å². The summed E-state index contributed by atoms with van der Waals surface area (Å²) in [7, 11) is 1.53. The van der Waals surface area contributed by atoms with Crippen LogP contribution in [0.25, 0.3) is 0 Å². The van der Waals surface area contributed by atoms with E-state index in [0.717, 1.165) is 5.56 Å². The SMILES string of the molecule is COCC(N)C(=O)N(Cc1cccc(Cl)c1)C(C)C. The summed E-state index contributed by atoms with van der Waals surface area (Å²) in [5.74, 6) is -0.114. The van der Waals surface area contributed by atoms with Crippen molar-refractivity contribution in [3.8, 4) is 0 Å². The standard InChI is InChI=1S/C14H21ClN2O2/c1-10(2)17(14(18)13(16)9-19-3)8-11-5-4-6-12(15)7-11/h4-7,10,13H,8-9,16H2,1-3H3. The van der Waals surface area contributed by atoms with Crippen molar-refractivity contribution in [2.45, 2.75) is 32.5 Å². The van der Waals surface area contributed by atoms with E-state index < -0.39 is 6.04 Å². The number of hydrogen-bond acceptors (Lipinski definition) is 3. The molecule has 0 heterocycles. The van der Waals surface area contributed by atoms with Gasteiger partial charge in [-0.2, -0.15) is 0 Å². The van der Waals surface area contributed by atoms with E-state index in [1.807, 2.05) is 38.1 Å². The fourth-order valence-electron chi connectivity index (χ4n) is 1.81. The van der Waals surface area contributed by atoms with Gasteiger partial charge < -0.3 is 15.4 Å². The maximum absolute atomic E-state index is 12.3. The van der Waals surface area contributed by atoms with Crippen molar-refractivity contribution in [2.24, 2.45) is 5.73 Å². The Bertz CT molecular complexity index is 424. The van der Waals surface area contributed by atoms with Crippen molar-refractivity contribution < 1.29 is 9.53 Å². The summed E-state index contributed by atoms with van der Waals surface area (Å²) in [6.45, 7) is 4.63. The lowest BCUT2D eigenvalue weighted by atomic mass is 10.1. The van der Waals surface area contributed by atoms with Crippen LogP contribution in [0.4, 0.5) is 0 Å². The van der Waals surface area contributed by atoms with Crippen LogP contribution in [-0.4, -0.2) is 36.6 Å².